The molecular weight excluding hydrogens is 302 g/mol. The molecule has 1 aromatic rings. The summed E-state index contributed by atoms with van der Waals surface area (Å²) in [6.07, 6.45) is 2.40. The number of amides is 1. The molecule has 17 heavy (non-hydrogen) atoms. The van der Waals surface area contributed by atoms with Crippen LogP contribution in [0.25, 0.3) is 0 Å². The zero-order valence-corrected chi connectivity index (χ0v) is 12.3. The summed E-state index contributed by atoms with van der Waals surface area (Å²) < 4.78 is 11.9. The van der Waals surface area contributed by atoms with Crippen molar-refractivity contribution in [2.75, 3.05) is 12.0 Å². The standard InChI is InChI=1S/C12H16BrNO2S/c1-9(7-8-17(2)16)14-12(15)10-3-5-11(13)6-4-10/h3-6,9H,7-8H2,1-2H3,(H,14,15). The van der Waals surface area contributed by atoms with Crippen LogP contribution in [0.2, 0.25) is 0 Å². The lowest BCUT2D eigenvalue weighted by Gasteiger charge is -2.13. The van der Waals surface area contributed by atoms with Crippen LogP contribution in [-0.2, 0) is 10.8 Å². The van der Waals surface area contributed by atoms with Crippen molar-refractivity contribution < 1.29 is 9.00 Å². The van der Waals surface area contributed by atoms with Gasteiger partial charge in [-0.3, -0.25) is 9.00 Å². The van der Waals surface area contributed by atoms with E-state index in [2.05, 4.69) is 21.2 Å². The third-order valence-electron chi connectivity index (χ3n) is 2.32. The van der Waals surface area contributed by atoms with Crippen LogP contribution < -0.4 is 5.32 Å². The summed E-state index contributed by atoms with van der Waals surface area (Å²) in [5.74, 6) is 0.522. The lowest BCUT2D eigenvalue weighted by atomic mass is 10.2. The number of hydrogen-bond acceptors (Lipinski definition) is 2. The topological polar surface area (TPSA) is 46.2 Å². The predicted octanol–water partition coefficient (Wildman–Crippen LogP) is 2.34. The van der Waals surface area contributed by atoms with Gasteiger partial charge in [0, 0.05) is 38.9 Å². The quantitative estimate of drug-likeness (QED) is 0.906. The first-order valence-corrected chi connectivity index (χ1v) is 7.87. The zero-order valence-electron chi connectivity index (χ0n) is 9.90. The van der Waals surface area contributed by atoms with Crippen LogP contribution in [0.3, 0.4) is 0 Å². The highest BCUT2D eigenvalue weighted by atomic mass is 79.9. The predicted molar refractivity (Wildman–Crippen MR) is 74.6 cm³/mol. The normalized spacial score (nSPS) is 14.1. The van der Waals surface area contributed by atoms with Crippen molar-refractivity contribution >= 4 is 32.6 Å². The van der Waals surface area contributed by atoms with E-state index in [1.165, 1.54) is 0 Å². The molecular formula is C12H16BrNO2S. The monoisotopic (exact) mass is 317 g/mol. The summed E-state index contributed by atoms with van der Waals surface area (Å²) in [6.45, 7) is 1.92. The van der Waals surface area contributed by atoms with Gasteiger partial charge in [-0.15, -0.1) is 0 Å². The number of carbonyl (C=O) groups excluding carboxylic acids is 1. The van der Waals surface area contributed by atoms with E-state index in [1.807, 2.05) is 19.1 Å². The van der Waals surface area contributed by atoms with Crippen LogP contribution >= 0.6 is 15.9 Å². The highest BCUT2D eigenvalue weighted by Gasteiger charge is 2.09. The molecule has 1 rings (SSSR count). The third-order valence-corrected chi connectivity index (χ3v) is 3.66. The largest absolute Gasteiger partial charge is 0.350 e. The minimum Gasteiger partial charge on any atom is -0.350 e. The smallest absolute Gasteiger partial charge is 0.251 e. The molecule has 1 amide bonds. The Balaban J connectivity index is 2.48. The van der Waals surface area contributed by atoms with E-state index in [9.17, 15) is 9.00 Å². The van der Waals surface area contributed by atoms with E-state index in [0.717, 1.165) is 10.9 Å². The minimum absolute atomic E-state index is 0.0371. The van der Waals surface area contributed by atoms with Crippen LogP contribution in [0.1, 0.15) is 23.7 Å². The summed E-state index contributed by atoms with van der Waals surface area (Å²) in [5, 5.41) is 2.88. The Bertz CT molecular complexity index is 405. The fraction of sp³-hybridized carbons (Fsp3) is 0.417. The molecule has 1 N–H and O–H groups in total. The third kappa shape index (κ3) is 5.46. The Kier molecular flexibility index (Phi) is 5.85. The summed E-state index contributed by atoms with van der Waals surface area (Å²) in [5.41, 5.74) is 0.637. The highest BCUT2D eigenvalue weighted by molar-refractivity contribution is 9.10. The lowest BCUT2D eigenvalue weighted by Crippen LogP contribution is -2.33. The Morgan fingerprint density at radius 1 is 1.41 bits per heavy atom. The number of nitrogens with one attached hydrogen (secondary N) is 1. The van der Waals surface area contributed by atoms with E-state index < -0.39 is 10.8 Å². The molecule has 1 aromatic carbocycles. The second-order valence-electron chi connectivity index (χ2n) is 3.95. The first-order valence-electron chi connectivity index (χ1n) is 5.35. The zero-order chi connectivity index (χ0) is 12.8. The van der Waals surface area contributed by atoms with Crippen molar-refractivity contribution in [2.45, 2.75) is 19.4 Å². The molecule has 0 radical (unpaired) electrons. The van der Waals surface area contributed by atoms with Crippen molar-refractivity contribution in [3.8, 4) is 0 Å². The Labute approximate surface area is 113 Å². The molecule has 0 aromatic heterocycles. The van der Waals surface area contributed by atoms with Gasteiger partial charge in [-0.25, -0.2) is 0 Å². The molecule has 0 aliphatic heterocycles. The first-order chi connectivity index (χ1) is 7.99. The maximum Gasteiger partial charge on any atom is 0.251 e. The molecule has 0 bridgehead atoms. The van der Waals surface area contributed by atoms with E-state index in [-0.39, 0.29) is 11.9 Å². The molecule has 0 saturated carbocycles. The minimum atomic E-state index is -0.806. The molecule has 3 nitrogen and oxygen atoms in total. The van der Waals surface area contributed by atoms with Gasteiger partial charge in [-0.05, 0) is 37.6 Å². The number of carbonyl (C=O) groups is 1. The molecule has 0 aliphatic carbocycles. The van der Waals surface area contributed by atoms with Crippen LogP contribution in [0.15, 0.2) is 28.7 Å². The van der Waals surface area contributed by atoms with Gasteiger partial charge in [0.1, 0.15) is 0 Å². The van der Waals surface area contributed by atoms with Crippen molar-refractivity contribution in [2.24, 2.45) is 0 Å². The molecule has 0 spiro atoms. The second kappa shape index (κ2) is 6.91. The number of rotatable bonds is 5. The van der Waals surface area contributed by atoms with Gasteiger partial charge in [0.25, 0.3) is 5.91 Å². The van der Waals surface area contributed by atoms with Crippen molar-refractivity contribution in [1.29, 1.82) is 0 Å². The number of hydrogen-bond donors (Lipinski definition) is 1. The van der Waals surface area contributed by atoms with Gasteiger partial charge in [0.05, 0.1) is 0 Å². The summed E-state index contributed by atoms with van der Waals surface area (Å²) in [6, 6.07) is 7.24. The molecule has 94 valence electrons. The Morgan fingerprint density at radius 2 is 2.00 bits per heavy atom. The van der Waals surface area contributed by atoms with E-state index in [1.54, 1.807) is 18.4 Å². The average molecular weight is 318 g/mol. The van der Waals surface area contributed by atoms with Crippen molar-refractivity contribution in [1.82, 2.24) is 5.32 Å². The summed E-state index contributed by atoms with van der Waals surface area (Å²) in [4.78, 5) is 11.8. The van der Waals surface area contributed by atoms with Gasteiger partial charge in [0.15, 0.2) is 0 Å². The fourth-order valence-corrected chi connectivity index (χ4v) is 2.27. The lowest BCUT2D eigenvalue weighted by molar-refractivity contribution is 0.0939. The van der Waals surface area contributed by atoms with Gasteiger partial charge in [-0.1, -0.05) is 15.9 Å². The van der Waals surface area contributed by atoms with Crippen LogP contribution in [0.4, 0.5) is 0 Å². The van der Waals surface area contributed by atoms with Gasteiger partial charge in [0.2, 0.25) is 0 Å². The second-order valence-corrected chi connectivity index (χ2v) is 6.42. The summed E-state index contributed by atoms with van der Waals surface area (Å²) >= 11 is 3.32. The van der Waals surface area contributed by atoms with Crippen LogP contribution in [-0.4, -0.2) is 28.2 Å². The van der Waals surface area contributed by atoms with Crippen molar-refractivity contribution in [3.63, 3.8) is 0 Å². The Hall–Kier alpha value is -0.680. The molecule has 0 aliphatic rings. The molecule has 5 heteroatoms. The Morgan fingerprint density at radius 3 is 2.53 bits per heavy atom. The van der Waals surface area contributed by atoms with E-state index in [4.69, 9.17) is 0 Å². The first kappa shape index (κ1) is 14.4. The SMILES string of the molecule is CC(CCS(C)=O)NC(=O)c1ccc(Br)cc1. The molecule has 0 heterocycles. The van der Waals surface area contributed by atoms with Gasteiger partial charge >= 0.3 is 0 Å². The molecule has 2 unspecified atom stereocenters. The van der Waals surface area contributed by atoms with Crippen molar-refractivity contribution in [3.05, 3.63) is 34.3 Å². The van der Waals surface area contributed by atoms with Crippen LogP contribution in [0, 0.1) is 0 Å². The van der Waals surface area contributed by atoms with E-state index in [0.29, 0.717) is 11.3 Å². The van der Waals surface area contributed by atoms with E-state index >= 15 is 0 Å². The molecule has 0 saturated heterocycles. The summed E-state index contributed by atoms with van der Waals surface area (Å²) in [7, 11) is -0.806. The van der Waals surface area contributed by atoms with Gasteiger partial charge in [-0.2, -0.15) is 0 Å². The van der Waals surface area contributed by atoms with Crippen LogP contribution in [0.5, 0.6) is 0 Å². The maximum atomic E-state index is 11.8. The number of benzene rings is 1. The average Bonchev–Trinajstić information content (AvgIpc) is 2.27. The highest BCUT2D eigenvalue weighted by Crippen LogP contribution is 2.10. The molecule has 2 atom stereocenters. The maximum absolute atomic E-state index is 11.8. The van der Waals surface area contributed by atoms with Gasteiger partial charge < -0.3 is 5.32 Å². The fourth-order valence-electron chi connectivity index (χ4n) is 1.32. The number of halogens is 1. The molecule has 0 fully saturated rings.